The van der Waals surface area contributed by atoms with Crippen LogP contribution in [0, 0.1) is 0 Å². The summed E-state index contributed by atoms with van der Waals surface area (Å²) in [6.45, 7) is 4.26. The summed E-state index contributed by atoms with van der Waals surface area (Å²) in [6, 6.07) is 15.5. The van der Waals surface area contributed by atoms with E-state index in [2.05, 4.69) is 19.2 Å². The second kappa shape index (κ2) is 9.02. The van der Waals surface area contributed by atoms with Gasteiger partial charge in [0.05, 0.1) is 5.66 Å². The van der Waals surface area contributed by atoms with Crippen molar-refractivity contribution in [1.29, 1.82) is 0 Å². The van der Waals surface area contributed by atoms with Gasteiger partial charge < -0.3 is 10.8 Å². The lowest BCUT2D eigenvalue weighted by Gasteiger charge is -2.41. The van der Waals surface area contributed by atoms with E-state index in [-0.39, 0.29) is 18.6 Å². The van der Waals surface area contributed by atoms with Crippen LogP contribution in [0.1, 0.15) is 43.7 Å². The lowest BCUT2D eigenvalue weighted by molar-refractivity contribution is 0.221. The van der Waals surface area contributed by atoms with E-state index < -0.39 is 5.66 Å². The second-order valence-electron chi connectivity index (χ2n) is 6.65. The Morgan fingerprint density at radius 1 is 1.08 bits per heavy atom. The summed E-state index contributed by atoms with van der Waals surface area (Å²) in [5.41, 5.74) is 8.15. The predicted molar refractivity (Wildman–Crippen MR) is 106 cm³/mol. The third kappa shape index (κ3) is 5.19. The van der Waals surface area contributed by atoms with E-state index in [0.29, 0.717) is 16.5 Å². The van der Waals surface area contributed by atoms with E-state index >= 15 is 0 Å². The summed E-state index contributed by atoms with van der Waals surface area (Å²) >= 11 is 12.3. The Labute approximate surface area is 160 Å². The van der Waals surface area contributed by atoms with Gasteiger partial charge in [0.25, 0.3) is 0 Å². The number of nitrogens with two attached hydrogens (primary N) is 1. The minimum Gasteiger partial charge on any atom is -0.396 e. The highest BCUT2D eigenvalue weighted by Gasteiger charge is 2.37. The van der Waals surface area contributed by atoms with Crippen LogP contribution in [0.15, 0.2) is 48.5 Å². The van der Waals surface area contributed by atoms with Gasteiger partial charge in [-0.1, -0.05) is 47.5 Å². The maximum atomic E-state index is 9.37. The number of nitrogens with one attached hydrogen (secondary N) is 1. The predicted octanol–water partition coefficient (Wildman–Crippen LogP) is 4.66. The molecule has 0 amide bonds. The van der Waals surface area contributed by atoms with Crippen LogP contribution in [0.2, 0.25) is 10.0 Å². The maximum absolute atomic E-state index is 9.37. The first-order valence-corrected chi connectivity index (χ1v) is 9.31. The van der Waals surface area contributed by atoms with Gasteiger partial charge in [-0.25, -0.2) is 0 Å². The minimum absolute atomic E-state index is 0.0538. The van der Waals surface area contributed by atoms with E-state index in [1.807, 2.05) is 48.5 Å². The van der Waals surface area contributed by atoms with Gasteiger partial charge >= 0.3 is 0 Å². The van der Waals surface area contributed by atoms with Crippen molar-refractivity contribution in [1.82, 2.24) is 5.32 Å². The molecule has 0 aliphatic carbocycles. The molecule has 2 rings (SSSR count). The molecular formula is C20H26Cl2N2O. The molecule has 4 N–H and O–H groups in total. The molecule has 0 bridgehead atoms. The first kappa shape index (κ1) is 20.2. The highest BCUT2D eigenvalue weighted by Crippen LogP contribution is 2.38. The molecule has 2 aromatic rings. The number of benzene rings is 2. The van der Waals surface area contributed by atoms with Gasteiger partial charge in [-0.3, -0.25) is 5.32 Å². The lowest BCUT2D eigenvalue weighted by atomic mass is 9.78. The molecular weight excluding hydrogens is 355 g/mol. The van der Waals surface area contributed by atoms with Gasteiger partial charge in [0.2, 0.25) is 0 Å². The van der Waals surface area contributed by atoms with Gasteiger partial charge in [-0.2, -0.15) is 0 Å². The summed E-state index contributed by atoms with van der Waals surface area (Å²) in [5, 5.41) is 14.2. The van der Waals surface area contributed by atoms with Gasteiger partial charge in [-0.05, 0) is 62.1 Å². The van der Waals surface area contributed by atoms with E-state index in [1.165, 1.54) is 0 Å². The Balaban J connectivity index is 2.53. The van der Waals surface area contributed by atoms with Crippen LogP contribution in [-0.4, -0.2) is 17.8 Å². The zero-order chi connectivity index (χ0) is 18.4. The Kier molecular flexibility index (Phi) is 7.29. The molecule has 0 aromatic heterocycles. The molecule has 0 saturated heterocycles. The highest BCUT2D eigenvalue weighted by molar-refractivity contribution is 6.30. The molecule has 0 aliphatic heterocycles. The smallest absolute Gasteiger partial charge is 0.0996 e. The monoisotopic (exact) mass is 380 g/mol. The van der Waals surface area contributed by atoms with Crippen molar-refractivity contribution >= 4 is 23.2 Å². The molecule has 1 unspecified atom stereocenters. The van der Waals surface area contributed by atoms with Crippen LogP contribution in [0.5, 0.6) is 0 Å². The molecule has 0 fully saturated rings. The SMILES string of the molecule is CC(C)NC(N)(c1ccc(Cl)cc1)[C@H](CCCO)c1cccc(Cl)c1. The summed E-state index contributed by atoms with van der Waals surface area (Å²) < 4.78 is 0. The second-order valence-corrected chi connectivity index (χ2v) is 7.52. The zero-order valence-electron chi connectivity index (χ0n) is 14.7. The Morgan fingerprint density at radius 2 is 1.76 bits per heavy atom. The van der Waals surface area contributed by atoms with Gasteiger partial charge in [-0.15, -0.1) is 0 Å². The summed E-state index contributed by atoms with van der Waals surface area (Å²) in [5.74, 6) is -0.0538. The van der Waals surface area contributed by atoms with Crippen molar-refractivity contribution in [3.63, 3.8) is 0 Å². The molecule has 0 radical (unpaired) electrons. The molecule has 2 atom stereocenters. The summed E-state index contributed by atoms with van der Waals surface area (Å²) in [7, 11) is 0. The molecule has 0 aliphatic rings. The standard InChI is InChI=1S/C20H26Cl2N2O/c1-14(2)24-20(23,16-8-10-17(21)11-9-16)19(7-4-12-25)15-5-3-6-18(22)13-15/h3,5-6,8-11,13-14,19,24-25H,4,7,12,23H2,1-2H3/t19-,20?/m1/s1. The van der Waals surface area contributed by atoms with Gasteiger partial charge in [0.15, 0.2) is 0 Å². The molecule has 5 heteroatoms. The van der Waals surface area contributed by atoms with Crippen LogP contribution in [0.25, 0.3) is 0 Å². The van der Waals surface area contributed by atoms with Crippen LogP contribution in [0.3, 0.4) is 0 Å². The molecule has 0 spiro atoms. The first-order valence-electron chi connectivity index (χ1n) is 8.55. The zero-order valence-corrected chi connectivity index (χ0v) is 16.2. The minimum atomic E-state index is -0.807. The summed E-state index contributed by atoms with van der Waals surface area (Å²) in [4.78, 5) is 0. The number of halogens is 2. The van der Waals surface area contributed by atoms with E-state index in [4.69, 9.17) is 28.9 Å². The average Bonchev–Trinajstić information content (AvgIpc) is 2.55. The van der Waals surface area contributed by atoms with Crippen molar-refractivity contribution in [3.05, 3.63) is 69.7 Å². The quantitative estimate of drug-likeness (QED) is 0.583. The maximum Gasteiger partial charge on any atom is 0.0996 e. The molecule has 0 saturated carbocycles. The van der Waals surface area contributed by atoms with Crippen molar-refractivity contribution in [2.75, 3.05) is 6.61 Å². The topological polar surface area (TPSA) is 58.3 Å². The summed E-state index contributed by atoms with van der Waals surface area (Å²) in [6.07, 6.45) is 1.39. The lowest BCUT2D eigenvalue weighted by Crippen LogP contribution is -2.57. The number of hydrogen-bond donors (Lipinski definition) is 3. The number of aliphatic hydroxyl groups is 1. The Morgan fingerprint density at radius 3 is 2.32 bits per heavy atom. The highest BCUT2D eigenvalue weighted by atomic mass is 35.5. The normalized spacial score (nSPS) is 15.2. The van der Waals surface area contributed by atoms with Crippen LogP contribution < -0.4 is 11.1 Å². The van der Waals surface area contributed by atoms with Gasteiger partial charge in [0, 0.05) is 28.6 Å². The fourth-order valence-electron chi connectivity index (χ4n) is 3.26. The number of aliphatic hydroxyl groups excluding tert-OH is 1. The molecule has 0 heterocycles. The largest absolute Gasteiger partial charge is 0.396 e. The Bertz CT molecular complexity index is 676. The average molecular weight is 381 g/mol. The van der Waals surface area contributed by atoms with Gasteiger partial charge in [0.1, 0.15) is 0 Å². The molecule has 25 heavy (non-hydrogen) atoms. The van der Waals surface area contributed by atoms with Crippen LogP contribution >= 0.6 is 23.2 Å². The number of hydrogen-bond acceptors (Lipinski definition) is 3. The third-order valence-corrected chi connectivity index (χ3v) is 4.79. The van der Waals surface area contributed by atoms with E-state index in [0.717, 1.165) is 17.5 Å². The molecule has 136 valence electrons. The molecule has 3 nitrogen and oxygen atoms in total. The fourth-order valence-corrected chi connectivity index (χ4v) is 3.59. The third-order valence-electron chi connectivity index (χ3n) is 4.30. The number of rotatable bonds is 8. The van der Waals surface area contributed by atoms with Crippen LogP contribution in [0.4, 0.5) is 0 Å². The van der Waals surface area contributed by atoms with E-state index in [1.54, 1.807) is 0 Å². The van der Waals surface area contributed by atoms with Crippen molar-refractivity contribution in [2.45, 2.75) is 44.3 Å². The molecule has 2 aromatic carbocycles. The van der Waals surface area contributed by atoms with Crippen molar-refractivity contribution < 1.29 is 5.11 Å². The fraction of sp³-hybridized carbons (Fsp3) is 0.400. The van der Waals surface area contributed by atoms with Crippen LogP contribution in [-0.2, 0) is 5.66 Å². The van der Waals surface area contributed by atoms with Crippen molar-refractivity contribution in [3.8, 4) is 0 Å². The Hall–Kier alpha value is -1.10. The van der Waals surface area contributed by atoms with E-state index in [9.17, 15) is 5.11 Å². The van der Waals surface area contributed by atoms with Crippen molar-refractivity contribution in [2.24, 2.45) is 5.73 Å². The first-order chi connectivity index (χ1) is 11.9.